The molecule has 2 bridgehead atoms. The summed E-state index contributed by atoms with van der Waals surface area (Å²) in [4.78, 5) is 30.6. The van der Waals surface area contributed by atoms with Crippen molar-refractivity contribution < 1.29 is 23.9 Å². The van der Waals surface area contributed by atoms with Crippen molar-refractivity contribution in [2.75, 3.05) is 21.3 Å². The van der Waals surface area contributed by atoms with E-state index in [2.05, 4.69) is 0 Å². The SMILES string of the molecule is CON1C(=O)c2cc(C)ccc2[C@@H]2CC(=O)C[C@H]1C2(OC)OC. The number of fused-ring (bicyclic) bond motifs is 4. The molecule has 3 rings (SSSR count). The zero-order valence-corrected chi connectivity index (χ0v) is 13.8. The van der Waals surface area contributed by atoms with Crippen molar-refractivity contribution in [3.8, 4) is 0 Å². The van der Waals surface area contributed by atoms with Crippen molar-refractivity contribution in [2.24, 2.45) is 0 Å². The number of hydrogen-bond acceptors (Lipinski definition) is 5. The Hall–Kier alpha value is -1.76. The lowest BCUT2D eigenvalue weighted by Crippen LogP contribution is -2.61. The molecule has 0 spiro atoms. The number of amides is 1. The Labute approximate surface area is 135 Å². The van der Waals surface area contributed by atoms with Gasteiger partial charge in [0.1, 0.15) is 11.8 Å². The molecule has 1 fully saturated rings. The predicted octanol–water partition coefficient (Wildman–Crippen LogP) is 1.82. The number of hydrogen-bond donors (Lipinski definition) is 0. The van der Waals surface area contributed by atoms with E-state index in [1.807, 2.05) is 25.1 Å². The molecule has 23 heavy (non-hydrogen) atoms. The van der Waals surface area contributed by atoms with E-state index in [0.717, 1.165) is 11.1 Å². The average Bonchev–Trinajstić information content (AvgIpc) is 2.58. The maximum atomic E-state index is 13.0. The average molecular weight is 319 g/mol. The van der Waals surface area contributed by atoms with Crippen LogP contribution in [0.15, 0.2) is 18.2 Å². The third kappa shape index (κ3) is 2.21. The predicted molar refractivity (Wildman–Crippen MR) is 81.9 cm³/mol. The van der Waals surface area contributed by atoms with Crippen molar-refractivity contribution in [1.29, 1.82) is 0 Å². The first kappa shape index (κ1) is 16.1. The number of hydroxylamine groups is 2. The molecule has 0 N–H and O–H groups in total. The van der Waals surface area contributed by atoms with Gasteiger partial charge in [0.2, 0.25) is 0 Å². The normalized spacial score (nSPS) is 26.0. The molecular formula is C17H21NO5. The van der Waals surface area contributed by atoms with Crippen LogP contribution in [0.5, 0.6) is 0 Å². The van der Waals surface area contributed by atoms with Gasteiger partial charge in [-0.3, -0.25) is 14.4 Å². The van der Waals surface area contributed by atoms with Crippen molar-refractivity contribution in [1.82, 2.24) is 5.06 Å². The molecule has 1 aromatic rings. The fourth-order valence-electron chi connectivity index (χ4n) is 3.89. The van der Waals surface area contributed by atoms with Gasteiger partial charge in [0.25, 0.3) is 5.91 Å². The molecule has 0 saturated heterocycles. The van der Waals surface area contributed by atoms with Crippen molar-refractivity contribution in [2.45, 2.75) is 37.5 Å². The largest absolute Gasteiger partial charge is 0.351 e. The molecule has 1 amide bonds. The molecule has 1 aromatic carbocycles. The minimum atomic E-state index is -1.11. The van der Waals surface area contributed by atoms with Crippen LogP contribution >= 0.6 is 0 Å². The molecule has 0 unspecified atom stereocenters. The summed E-state index contributed by atoms with van der Waals surface area (Å²) in [7, 11) is 4.50. The monoisotopic (exact) mass is 319 g/mol. The number of rotatable bonds is 3. The number of Topliss-reactive ketones (excluding diaryl/α,β-unsaturated/α-hetero) is 1. The highest BCUT2D eigenvalue weighted by atomic mass is 16.7. The summed E-state index contributed by atoms with van der Waals surface area (Å²) in [6.07, 6.45) is 0.420. The molecule has 6 heteroatoms. The Morgan fingerprint density at radius 1 is 1.13 bits per heavy atom. The molecule has 1 heterocycles. The number of carbonyl (C=O) groups is 2. The van der Waals surface area contributed by atoms with E-state index in [9.17, 15) is 9.59 Å². The van der Waals surface area contributed by atoms with E-state index in [1.54, 1.807) is 0 Å². The van der Waals surface area contributed by atoms with Crippen LogP contribution in [-0.4, -0.2) is 49.9 Å². The quantitative estimate of drug-likeness (QED) is 0.795. The summed E-state index contributed by atoms with van der Waals surface area (Å²) >= 11 is 0. The Bertz CT molecular complexity index is 652. The first-order chi connectivity index (χ1) is 11.0. The fourth-order valence-corrected chi connectivity index (χ4v) is 3.89. The number of carbonyl (C=O) groups excluding carboxylic acids is 2. The van der Waals surface area contributed by atoms with E-state index in [4.69, 9.17) is 14.3 Å². The number of methoxy groups -OCH3 is 2. The molecule has 1 aliphatic carbocycles. The Balaban J connectivity index is 2.30. The Morgan fingerprint density at radius 2 is 1.83 bits per heavy atom. The van der Waals surface area contributed by atoms with Gasteiger partial charge in [-0.2, -0.15) is 0 Å². The van der Waals surface area contributed by atoms with E-state index in [0.29, 0.717) is 5.56 Å². The summed E-state index contributed by atoms with van der Waals surface area (Å²) in [6.45, 7) is 1.92. The second-order valence-electron chi connectivity index (χ2n) is 6.05. The molecular weight excluding hydrogens is 298 g/mol. The van der Waals surface area contributed by atoms with Gasteiger partial charge in [0.15, 0.2) is 5.79 Å². The summed E-state index contributed by atoms with van der Waals surface area (Å²) < 4.78 is 11.5. The lowest BCUT2D eigenvalue weighted by atomic mass is 9.75. The number of aryl methyl sites for hydroxylation is 1. The van der Waals surface area contributed by atoms with Gasteiger partial charge >= 0.3 is 0 Å². The third-order valence-electron chi connectivity index (χ3n) is 4.94. The maximum Gasteiger partial charge on any atom is 0.278 e. The van der Waals surface area contributed by atoms with Crippen LogP contribution in [0.3, 0.4) is 0 Å². The number of nitrogens with zero attached hydrogens (tertiary/aromatic N) is 1. The van der Waals surface area contributed by atoms with Gasteiger partial charge in [-0.25, -0.2) is 5.06 Å². The highest BCUT2D eigenvalue weighted by Gasteiger charge is 2.58. The van der Waals surface area contributed by atoms with E-state index >= 15 is 0 Å². The van der Waals surface area contributed by atoms with Gasteiger partial charge in [-0.1, -0.05) is 17.7 Å². The molecule has 0 aromatic heterocycles. The Morgan fingerprint density at radius 3 is 2.43 bits per heavy atom. The van der Waals surface area contributed by atoms with Crippen LogP contribution in [0.1, 0.15) is 40.2 Å². The van der Waals surface area contributed by atoms with Gasteiger partial charge in [0.05, 0.1) is 7.11 Å². The molecule has 1 aliphatic heterocycles. The number of ether oxygens (including phenoxy) is 2. The van der Waals surface area contributed by atoms with Gasteiger partial charge in [0, 0.05) is 38.5 Å². The minimum Gasteiger partial charge on any atom is -0.351 e. The van der Waals surface area contributed by atoms with E-state index in [-0.39, 0.29) is 30.4 Å². The number of ketones is 1. The topological polar surface area (TPSA) is 65.1 Å². The second-order valence-corrected chi connectivity index (χ2v) is 6.05. The van der Waals surface area contributed by atoms with Crippen LogP contribution in [-0.2, 0) is 19.1 Å². The summed E-state index contributed by atoms with van der Waals surface area (Å²) in [6, 6.07) is 5.01. The first-order valence-electron chi connectivity index (χ1n) is 7.58. The van der Waals surface area contributed by atoms with Crippen LogP contribution in [0.2, 0.25) is 0 Å². The van der Waals surface area contributed by atoms with Crippen molar-refractivity contribution in [3.63, 3.8) is 0 Å². The molecule has 2 aliphatic rings. The van der Waals surface area contributed by atoms with Crippen molar-refractivity contribution in [3.05, 3.63) is 34.9 Å². The summed E-state index contributed by atoms with van der Waals surface area (Å²) in [5.74, 6) is -1.68. The fraction of sp³-hybridized carbons (Fsp3) is 0.529. The molecule has 1 saturated carbocycles. The van der Waals surface area contributed by atoms with Gasteiger partial charge in [-0.05, 0) is 18.6 Å². The summed E-state index contributed by atoms with van der Waals surface area (Å²) in [5, 5.41) is 1.22. The zero-order chi connectivity index (χ0) is 16.8. The molecule has 6 nitrogen and oxygen atoms in total. The maximum absolute atomic E-state index is 13.0. The summed E-state index contributed by atoms with van der Waals surface area (Å²) in [5.41, 5.74) is 2.27. The third-order valence-corrected chi connectivity index (χ3v) is 4.94. The lowest BCUT2D eigenvalue weighted by Gasteiger charge is -2.47. The van der Waals surface area contributed by atoms with Crippen LogP contribution in [0.25, 0.3) is 0 Å². The van der Waals surface area contributed by atoms with E-state index in [1.165, 1.54) is 26.4 Å². The lowest BCUT2D eigenvalue weighted by molar-refractivity contribution is -0.292. The van der Waals surface area contributed by atoms with Gasteiger partial charge in [-0.15, -0.1) is 0 Å². The Kier molecular flexibility index (Phi) is 4.00. The van der Waals surface area contributed by atoms with Crippen LogP contribution < -0.4 is 0 Å². The standard InChI is InChI=1S/C17H21NO5/c1-10-5-6-12-13(7-10)16(20)18(23-4)15-9-11(19)8-14(12)17(15,21-2)22-3/h5-7,14-15H,8-9H2,1-4H3/t14-,15-/m0/s1. The highest BCUT2D eigenvalue weighted by molar-refractivity contribution is 5.98. The smallest absolute Gasteiger partial charge is 0.278 e. The highest BCUT2D eigenvalue weighted by Crippen LogP contribution is 2.48. The van der Waals surface area contributed by atoms with Crippen LogP contribution in [0.4, 0.5) is 0 Å². The number of benzene rings is 1. The second kappa shape index (κ2) is 5.70. The minimum absolute atomic E-state index is 0.0630. The van der Waals surface area contributed by atoms with E-state index < -0.39 is 11.8 Å². The molecule has 0 radical (unpaired) electrons. The first-order valence-corrected chi connectivity index (χ1v) is 7.58. The molecule has 2 atom stereocenters. The molecule has 124 valence electrons. The van der Waals surface area contributed by atoms with Crippen LogP contribution in [0, 0.1) is 6.92 Å². The van der Waals surface area contributed by atoms with Gasteiger partial charge < -0.3 is 9.47 Å². The van der Waals surface area contributed by atoms with Crippen molar-refractivity contribution >= 4 is 11.7 Å². The zero-order valence-electron chi connectivity index (χ0n) is 13.8.